The summed E-state index contributed by atoms with van der Waals surface area (Å²) in [6.07, 6.45) is 2.57. The first-order valence-electron chi connectivity index (χ1n) is 6.67. The summed E-state index contributed by atoms with van der Waals surface area (Å²) < 4.78 is 10.4. The average molecular weight is 258 g/mol. The fourth-order valence-corrected chi connectivity index (χ4v) is 2.26. The summed E-state index contributed by atoms with van der Waals surface area (Å²) in [6, 6.07) is -0.0216. The van der Waals surface area contributed by atoms with E-state index < -0.39 is 0 Å². The molecule has 2 unspecified atom stereocenters. The molecule has 0 amide bonds. The van der Waals surface area contributed by atoms with E-state index in [0.29, 0.717) is 12.6 Å². The minimum absolute atomic E-state index is 0.206. The van der Waals surface area contributed by atoms with E-state index in [-0.39, 0.29) is 18.1 Å². The Kier molecular flexibility index (Phi) is 6.60. The molecule has 2 atom stereocenters. The lowest BCUT2D eigenvalue weighted by Gasteiger charge is -2.26. The number of likely N-dealkylation sites (N-methyl/N-ethyl adjacent to an activating group) is 1. The average Bonchev–Trinajstić information content (AvgIpc) is 2.79. The van der Waals surface area contributed by atoms with Gasteiger partial charge in [-0.05, 0) is 19.9 Å². The Hall–Kier alpha value is -0.650. The van der Waals surface area contributed by atoms with Crippen molar-refractivity contribution in [2.75, 3.05) is 33.9 Å². The summed E-state index contributed by atoms with van der Waals surface area (Å²) >= 11 is 0. The van der Waals surface area contributed by atoms with Crippen LogP contribution in [0.25, 0.3) is 0 Å². The summed E-state index contributed by atoms with van der Waals surface area (Å²) in [5.41, 5.74) is 0. The molecule has 5 nitrogen and oxygen atoms in total. The second-order valence-corrected chi connectivity index (χ2v) is 5.25. The number of carbonyl (C=O) groups excluding carboxylic acids is 1. The summed E-state index contributed by atoms with van der Waals surface area (Å²) in [7, 11) is 3.44. The number of hydrogen-bond donors (Lipinski definition) is 1. The van der Waals surface area contributed by atoms with Crippen molar-refractivity contribution in [2.24, 2.45) is 0 Å². The van der Waals surface area contributed by atoms with Crippen LogP contribution in [-0.4, -0.2) is 62.9 Å². The molecule has 1 N–H and O–H groups in total. The lowest BCUT2D eigenvalue weighted by atomic mass is 10.2. The van der Waals surface area contributed by atoms with Gasteiger partial charge in [0.15, 0.2) is 0 Å². The zero-order valence-electron chi connectivity index (χ0n) is 11.9. The fourth-order valence-electron chi connectivity index (χ4n) is 2.26. The van der Waals surface area contributed by atoms with Crippen molar-refractivity contribution in [3.63, 3.8) is 0 Å². The van der Waals surface area contributed by atoms with E-state index in [1.807, 2.05) is 20.9 Å². The number of methoxy groups -OCH3 is 1. The Bertz CT molecular complexity index is 253. The molecule has 1 heterocycles. The lowest BCUT2D eigenvalue weighted by Crippen LogP contribution is -2.49. The van der Waals surface area contributed by atoms with Gasteiger partial charge in [0.1, 0.15) is 6.04 Å². The van der Waals surface area contributed by atoms with Gasteiger partial charge in [-0.3, -0.25) is 4.79 Å². The number of rotatable bonds is 7. The Morgan fingerprint density at radius 3 is 2.78 bits per heavy atom. The minimum atomic E-state index is -0.276. The summed E-state index contributed by atoms with van der Waals surface area (Å²) in [5, 5.41) is 3.23. The van der Waals surface area contributed by atoms with Crippen LogP contribution < -0.4 is 5.32 Å². The molecule has 0 bridgehead atoms. The van der Waals surface area contributed by atoms with Crippen LogP contribution in [0.15, 0.2) is 0 Å². The van der Waals surface area contributed by atoms with Gasteiger partial charge in [-0.1, -0.05) is 13.8 Å². The van der Waals surface area contributed by atoms with Gasteiger partial charge in [0, 0.05) is 25.7 Å². The first kappa shape index (κ1) is 15.4. The van der Waals surface area contributed by atoms with Gasteiger partial charge in [-0.15, -0.1) is 0 Å². The number of ether oxygens (including phenoxy) is 2. The van der Waals surface area contributed by atoms with Crippen LogP contribution in [0.2, 0.25) is 0 Å². The van der Waals surface area contributed by atoms with Gasteiger partial charge < -0.3 is 19.7 Å². The lowest BCUT2D eigenvalue weighted by molar-refractivity contribution is -0.143. The van der Waals surface area contributed by atoms with E-state index in [0.717, 1.165) is 26.0 Å². The third kappa shape index (κ3) is 5.33. The predicted molar refractivity (Wildman–Crippen MR) is 70.5 cm³/mol. The Morgan fingerprint density at radius 2 is 2.28 bits per heavy atom. The fraction of sp³-hybridized carbons (Fsp3) is 0.923. The van der Waals surface area contributed by atoms with Crippen molar-refractivity contribution in [1.29, 1.82) is 0 Å². The van der Waals surface area contributed by atoms with Crippen LogP contribution in [0.1, 0.15) is 26.7 Å². The Morgan fingerprint density at radius 1 is 1.56 bits per heavy atom. The molecule has 1 fully saturated rings. The molecule has 0 aliphatic carbocycles. The van der Waals surface area contributed by atoms with Crippen molar-refractivity contribution in [2.45, 2.75) is 44.9 Å². The molecule has 18 heavy (non-hydrogen) atoms. The van der Waals surface area contributed by atoms with E-state index in [4.69, 9.17) is 9.47 Å². The van der Waals surface area contributed by atoms with Crippen LogP contribution >= 0.6 is 0 Å². The molecule has 0 saturated carbocycles. The third-order valence-electron chi connectivity index (χ3n) is 3.05. The highest BCUT2D eigenvalue weighted by Crippen LogP contribution is 2.12. The molecule has 1 rings (SSSR count). The molecule has 5 heteroatoms. The van der Waals surface area contributed by atoms with Gasteiger partial charge in [-0.2, -0.15) is 0 Å². The topological polar surface area (TPSA) is 50.8 Å². The van der Waals surface area contributed by atoms with Gasteiger partial charge >= 0.3 is 5.97 Å². The molecule has 1 aliphatic rings. The predicted octanol–water partition coefficient (Wildman–Crippen LogP) is 0.637. The van der Waals surface area contributed by atoms with E-state index in [2.05, 4.69) is 10.2 Å². The highest BCUT2D eigenvalue weighted by atomic mass is 16.5. The number of nitrogens with one attached hydrogen (secondary N) is 1. The zero-order chi connectivity index (χ0) is 13.5. The van der Waals surface area contributed by atoms with Crippen LogP contribution in [0.3, 0.4) is 0 Å². The molecular weight excluding hydrogens is 232 g/mol. The molecule has 106 valence electrons. The number of nitrogens with zero attached hydrogens (tertiary/aromatic N) is 1. The highest BCUT2D eigenvalue weighted by molar-refractivity contribution is 5.75. The minimum Gasteiger partial charge on any atom is -0.468 e. The normalized spacial score (nSPS) is 21.6. The maximum Gasteiger partial charge on any atom is 0.324 e. The maximum atomic E-state index is 11.7. The van der Waals surface area contributed by atoms with Crippen molar-refractivity contribution in [1.82, 2.24) is 10.2 Å². The van der Waals surface area contributed by atoms with Gasteiger partial charge in [0.25, 0.3) is 0 Å². The quantitative estimate of drug-likeness (QED) is 0.679. The van der Waals surface area contributed by atoms with Crippen LogP contribution in [-0.2, 0) is 14.3 Å². The standard InChI is InChI=1S/C13H26N2O3/c1-10(2)14-12(13(16)17-4)9-15(3)8-11-6-5-7-18-11/h10-12,14H,5-9H2,1-4H3. The van der Waals surface area contributed by atoms with Crippen LogP contribution in [0.5, 0.6) is 0 Å². The SMILES string of the molecule is COC(=O)C(CN(C)CC1CCCO1)NC(C)C. The van der Waals surface area contributed by atoms with E-state index in [9.17, 15) is 4.79 Å². The maximum absolute atomic E-state index is 11.7. The number of hydrogen-bond acceptors (Lipinski definition) is 5. The van der Waals surface area contributed by atoms with Crippen LogP contribution in [0, 0.1) is 0 Å². The second-order valence-electron chi connectivity index (χ2n) is 5.25. The summed E-state index contributed by atoms with van der Waals surface area (Å²) in [6.45, 7) is 6.42. The van der Waals surface area contributed by atoms with E-state index >= 15 is 0 Å². The first-order chi connectivity index (χ1) is 8.52. The molecule has 1 aliphatic heterocycles. The molecule has 0 spiro atoms. The third-order valence-corrected chi connectivity index (χ3v) is 3.05. The molecule has 0 aromatic rings. The van der Waals surface area contributed by atoms with Crippen LogP contribution in [0.4, 0.5) is 0 Å². The van der Waals surface area contributed by atoms with Crippen molar-refractivity contribution in [3.8, 4) is 0 Å². The monoisotopic (exact) mass is 258 g/mol. The largest absolute Gasteiger partial charge is 0.468 e. The molecular formula is C13H26N2O3. The Balaban J connectivity index is 2.40. The zero-order valence-corrected chi connectivity index (χ0v) is 11.9. The van der Waals surface area contributed by atoms with Gasteiger partial charge in [-0.25, -0.2) is 0 Å². The summed E-state index contributed by atoms with van der Waals surface area (Å²) in [5.74, 6) is -0.206. The van der Waals surface area contributed by atoms with Crippen molar-refractivity contribution < 1.29 is 14.3 Å². The molecule has 1 saturated heterocycles. The molecule has 0 aromatic carbocycles. The summed E-state index contributed by atoms with van der Waals surface area (Å²) in [4.78, 5) is 13.8. The van der Waals surface area contributed by atoms with Crippen molar-refractivity contribution in [3.05, 3.63) is 0 Å². The Labute approximate surface area is 110 Å². The smallest absolute Gasteiger partial charge is 0.324 e. The van der Waals surface area contributed by atoms with E-state index in [1.165, 1.54) is 7.11 Å². The van der Waals surface area contributed by atoms with E-state index in [1.54, 1.807) is 0 Å². The van der Waals surface area contributed by atoms with Gasteiger partial charge in [0.2, 0.25) is 0 Å². The van der Waals surface area contributed by atoms with Gasteiger partial charge in [0.05, 0.1) is 13.2 Å². The number of carbonyl (C=O) groups is 1. The molecule has 0 aromatic heterocycles. The molecule has 0 radical (unpaired) electrons. The second kappa shape index (κ2) is 7.71. The van der Waals surface area contributed by atoms with Crippen molar-refractivity contribution >= 4 is 5.97 Å². The highest BCUT2D eigenvalue weighted by Gasteiger charge is 2.24. The first-order valence-corrected chi connectivity index (χ1v) is 6.67. The number of esters is 1.